The predicted molar refractivity (Wildman–Crippen MR) is 124 cm³/mol. The van der Waals surface area contributed by atoms with Crippen molar-refractivity contribution >= 4 is 22.5 Å². The van der Waals surface area contributed by atoms with Crippen molar-refractivity contribution in [2.75, 3.05) is 13.2 Å². The average Bonchev–Trinajstić information content (AvgIpc) is 3.07. The van der Waals surface area contributed by atoms with E-state index in [0.717, 1.165) is 22.2 Å². The van der Waals surface area contributed by atoms with Gasteiger partial charge in [-0.05, 0) is 42.8 Å². The van der Waals surface area contributed by atoms with E-state index in [2.05, 4.69) is 46.7 Å². The van der Waals surface area contributed by atoms with Crippen molar-refractivity contribution in [3.63, 3.8) is 0 Å². The van der Waals surface area contributed by atoms with E-state index in [9.17, 15) is 8.78 Å². The van der Waals surface area contributed by atoms with Crippen LogP contribution in [0.4, 0.5) is 8.78 Å². The Morgan fingerprint density at radius 3 is 2.75 bits per heavy atom. The van der Waals surface area contributed by atoms with Gasteiger partial charge in [0.05, 0.1) is 10.5 Å². The second-order valence-corrected chi connectivity index (χ2v) is 8.63. The number of hydrogen-bond acceptors (Lipinski definition) is 2. The van der Waals surface area contributed by atoms with Crippen molar-refractivity contribution in [3.05, 3.63) is 94.1 Å². The minimum absolute atomic E-state index is 0.0822. The van der Waals surface area contributed by atoms with Crippen LogP contribution in [0.2, 0.25) is 5.02 Å². The number of aromatic nitrogens is 1. The van der Waals surface area contributed by atoms with Crippen LogP contribution in [0, 0.1) is 6.92 Å². The first kappa shape index (κ1) is 21.0. The van der Waals surface area contributed by atoms with Crippen LogP contribution in [0.1, 0.15) is 28.7 Å². The molecule has 2 heterocycles. The van der Waals surface area contributed by atoms with Crippen molar-refractivity contribution in [2.45, 2.75) is 26.4 Å². The average molecular weight is 453 g/mol. The summed E-state index contributed by atoms with van der Waals surface area (Å²) in [6.07, 6.45) is -0.454. The van der Waals surface area contributed by atoms with Crippen LogP contribution in [-0.4, -0.2) is 22.6 Å². The smallest absolute Gasteiger partial charge is 0.264 e. The molecule has 3 nitrogen and oxygen atoms in total. The third-order valence-electron chi connectivity index (χ3n) is 5.96. The highest BCUT2D eigenvalue weighted by Crippen LogP contribution is 2.36. The first-order valence-corrected chi connectivity index (χ1v) is 11.0. The van der Waals surface area contributed by atoms with Crippen LogP contribution in [0.25, 0.3) is 16.6 Å². The molecule has 5 rings (SSSR count). The summed E-state index contributed by atoms with van der Waals surface area (Å²) in [6.45, 7) is 4.15. The molecular weight excluding hydrogens is 430 g/mol. The Bertz CT molecular complexity index is 1280. The molecule has 3 aromatic carbocycles. The van der Waals surface area contributed by atoms with Crippen LogP contribution in [0.5, 0.6) is 5.75 Å². The van der Waals surface area contributed by atoms with Gasteiger partial charge in [0.1, 0.15) is 12.4 Å². The third kappa shape index (κ3) is 3.98. The second kappa shape index (κ2) is 8.57. The Kier molecular flexibility index (Phi) is 5.62. The fraction of sp³-hybridized carbons (Fsp3) is 0.231. The highest BCUT2D eigenvalue weighted by atomic mass is 35.5. The predicted octanol–water partition coefficient (Wildman–Crippen LogP) is 6.92. The maximum absolute atomic E-state index is 13.5. The van der Waals surface area contributed by atoms with Crippen LogP contribution >= 0.6 is 11.6 Å². The lowest BCUT2D eigenvalue weighted by Gasteiger charge is -2.21. The summed E-state index contributed by atoms with van der Waals surface area (Å²) in [5, 5.41) is 1.72. The molecule has 0 amide bonds. The summed E-state index contributed by atoms with van der Waals surface area (Å²) in [5.41, 5.74) is 4.94. The molecule has 1 aliphatic rings. The largest absolute Gasteiger partial charge is 0.490 e. The number of nitrogens with zero attached hydrogens (tertiary/aromatic N) is 2. The molecule has 0 bridgehead atoms. The first-order chi connectivity index (χ1) is 15.5. The zero-order chi connectivity index (χ0) is 22.2. The molecule has 0 saturated carbocycles. The van der Waals surface area contributed by atoms with Gasteiger partial charge in [0.15, 0.2) is 0 Å². The quantitative estimate of drug-likeness (QED) is 0.334. The van der Waals surface area contributed by atoms with E-state index in [0.29, 0.717) is 42.6 Å². The lowest BCUT2D eigenvalue weighted by Crippen LogP contribution is -2.25. The number of ether oxygens (including phenoxy) is 1. The fourth-order valence-electron chi connectivity index (χ4n) is 4.40. The lowest BCUT2D eigenvalue weighted by atomic mass is 10.1. The standard InChI is InChI=1S/C26H23ClF2N2O/c1-17-6-7-24-18(12-17)8-9-31(24)21-13-20-16-30(10-11-32-25(20)23(27)14-21)15-19-4-2-3-5-22(19)26(28)29/h2-9,12-14,26H,10-11,15-16H2,1H3. The Labute approximate surface area is 190 Å². The molecule has 0 fully saturated rings. The van der Waals surface area contributed by atoms with Crippen LogP contribution in [0.3, 0.4) is 0 Å². The summed E-state index contributed by atoms with van der Waals surface area (Å²) in [4.78, 5) is 2.13. The molecule has 0 spiro atoms. The normalized spacial score (nSPS) is 14.4. The van der Waals surface area contributed by atoms with E-state index in [1.54, 1.807) is 18.2 Å². The summed E-state index contributed by atoms with van der Waals surface area (Å²) < 4.78 is 35.0. The first-order valence-electron chi connectivity index (χ1n) is 10.6. The zero-order valence-corrected chi connectivity index (χ0v) is 18.4. The molecule has 1 aromatic heterocycles. The van der Waals surface area contributed by atoms with Gasteiger partial charge < -0.3 is 9.30 Å². The van der Waals surface area contributed by atoms with Gasteiger partial charge in [-0.25, -0.2) is 8.78 Å². The Morgan fingerprint density at radius 2 is 1.91 bits per heavy atom. The van der Waals surface area contributed by atoms with E-state index < -0.39 is 6.43 Å². The molecular formula is C26H23ClF2N2O. The molecule has 0 atom stereocenters. The van der Waals surface area contributed by atoms with Gasteiger partial charge in [0.2, 0.25) is 0 Å². The Hall–Kier alpha value is -2.89. The number of halogens is 3. The highest BCUT2D eigenvalue weighted by Gasteiger charge is 2.21. The SMILES string of the molecule is Cc1ccc2c(ccn2-c2cc(Cl)c3c(c2)CN(Cc2ccccc2C(F)F)CCO3)c1. The van der Waals surface area contributed by atoms with E-state index in [-0.39, 0.29) is 5.56 Å². The molecule has 1 aliphatic heterocycles. The van der Waals surface area contributed by atoms with Gasteiger partial charge in [-0.1, -0.05) is 47.5 Å². The van der Waals surface area contributed by atoms with Gasteiger partial charge in [-0.15, -0.1) is 0 Å². The summed E-state index contributed by atoms with van der Waals surface area (Å²) in [5.74, 6) is 0.673. The Balaban J connectivity index is 1.49. The van der Waals surface area contributed by atoms with Crippen molar-refractivity contribution in [1.29, 1.82) is 0 Å². The van der Waals surface area contributed by atoms with Gasteiger partial charge in [0, 0.05) is 48.0 Å². The number of hydrogen-bond donors (Lipinski definition) is 0. The monoisotopic (exact) mass is 452 g/mol. The second-order valence-electron chi connectivity index (χ2n) is 8.22. The van der Waals surface area contributed by atoms with Crippen LogP contribution in [0.15, 0.2) is 66.9 Å². The summed E-state index contributed by atoms with van der Waals surface area (Å²) in [7, 11) is 0. The van der Waals surface area contributed by atoms with Crippen LogP contribution < -0.4 is 4.74 Å². The topological polar surface area (TPSA) is 17.4 Å². The van der Waals surface area contributed by atoms with E-state index in [1.165, 1.54) is 11.6 Å². The number of rotatable bonds is 4. The van der Waals surface area contributed by atoms with Crippen molar-refractivity contribution in [3.8, 4) is 11.4 Å². The van der Waals surface area contributed by atoms with Gasteiger partial charge in [-0.2, -0.15) is 0 Å². The number of benzene rings is 3. The minimum Gasteiger partial charge on any atom is -0.490 e. The molecule has 0 N–H and O–H groups in total. The van der Waals surface area contributed by atoms with E-state index in [1.807, 2.05) is 12.3 Å². The van der Waals surface area contributed by atoms with E-state index >= 15 is 0 Å². The molecule has 0 radical (unpaired) electrons. The maximum atomic E-state index is 13.5. The van der Waals surface area contributed by atoms with Crippen molar-refractivity contribution < 1.29 is 13.5 Å². The maximum Gasteiger partial charge on any atom is 0.264 e. The number of alkyl halides is 2. The fourth-order valence-corrected chi connectivity index (χ4v) is 4.69. The van der Waals surface area contributed by atoms with Gasteiger partial charge in [0.25, 0.3) is 6.43 Å². The summed E-state index contributed by atoms with van der Waals surface area (Å²) in [6, 6.07) is 19.2. The third-order valence-corrected chi connectivity index (χ3v) is 6.24. The van der Waals surface area contributed by atoms with Crippen LogP contribution in [-0.2, 0) is 13.1 Å². The van der Waals surface area contributed by atoms with Crippen molar-refractivity contribution in [1.82, 2.24) is 9.47 Å². The molecule has 0 saturated heterocycles. The van der Waals surface area contributed by atoms with E-state index in [4.69, 9.17) is 16.3 Å². The number of fused-ring (bicyclic) bond motifs is 2. The zero-order valence-electron chi connectivity index (χ0n) is 17.7. The highest BCUT2D eigenvalue weighted by molar-refractivity contribution is 6.32. The van der Waals surface area contributed by atoms with Gasteiger partial charge >= 0.3 is 0 Å². The lowest BCUT2D eigenvalue weighted by molar-refractivity contribution is 0.147. The number of aryl methyl sites for hydroxylation is 1. The Morgan fingerprint density at radius 1 is 1.06 bits per heavy atom. The van der Waals surface area contributed by atoms with Gasteiger partial charge in [-0.3, -0.25) is 4.90 Å². The molecule has 6 heteroatoms. The summed E-state index contributed by atoms with van der Waals surface area (Å²) >= 11 is 6.63. The van der Waals surface area contributed by atoms with Crippen molar-refractivity contribution in [2.24, 2.45) is 0 Å². The molecule has 4 aromatic rings. The minimum atomic E-state index is -2.49. The molecule has 164 valence electrons. The molecule has 0 aliphatic carbocycles. The molecule has 32 heavy (non-hydrogen) atoms. The molecule has 0 unspecified atom stereocenters.